The van der Waals surface area contributed by atoms with Crippen molar-refractivity contribution in [3.05, 3.63) is 70.0 Å². The molecule has 34 heavy (non-hydrogen) atoms. The topological polar surface area (TPSA) is 99.2 Å². The molecule has 3 rings (SSSR count). The predicted octanol–water partition coefficient (Wildman–Crippen LogP) is 3.20. The number of rotatable bonds is 9. The van der Waals surface area contributed by atoms with Crippen molar-refractivity contribution in [1.82, 2.24) is 15.1 Å². The summed E-state index contributed by atoms with van der Waals surface area (Å²) >= 11 is 6.13. The number of benzene rings is 2. The maximum Gasteiger partial charge on any atom is 0.408 e. The van der Waals surface area contributed by atoms with E-state index in [-0.39, 0.29) is 28.3 Å². The molecule has 1 unspecified atom stereocenters. The van der Waals surface area contributed by atoms with Gasteiger partial charge in [-0.1, -0.05) is 29.8 Å². The number of carbonyl (C=O) groups excluding carboxylic acids is 2. The Bertz CT molecular complexity index is 1050. The Kier molecular flexibility index (Phi) is 8.98. The molecule has 1 saturated heterocycles. The van der Waals surface area contributed by atoms with E-state index in [1.807, 2.05) is 0 Å². The van der Waals surface area contributed by atoms with E-state index >= 15 is 0 Å². The lowest BCUT2D eigenvalue weighted by Crippen LogP contribution is -2.44. The fraction of sp³-hybridized carbons (Fsp3) is 0.375. The Hall–Kier alpha value is -3.01. The van der Waals surface area contributed by atoms with E-state index in [0.717, 1.165) is 24.1 Å². The van der Waals surface area contributed by atoms with Gasteiger partial charge in [-0.3, -0.25) is 19.4 Å². The summed E-state index contributed by atoms with van der Waals surface area (Å²) in [5.74, 6) is -2.03. The first-order chi connectivity index (χ1) is 16.3. The molecule has 2 N–H and O–H groups in total. The SMILES string of the molecule is CNC(=O)C(c1ccc(Cl)cc1C(=O)c1ccccc1F)N(CCCN1CCOCC1)C(=O)O. The monoisotopic (exact) mass is 491 g/mol. The second-order valence-electron chi connectivity index (χ2n) is 7.84. The number of halogens is 2. The molecule has 1 heterocycles. The van der Waals surface area contributed by atoms with Crippen molar-refractivity contribution in [2.45, 2.75) is 12.5 Å². The lowest BCUT2D eigenvalue weighted by molar-refractivity contribution is -0.125. The fourth-order valence-electron chi connectivity index (χ4n) is 3.97. The number of likely N-dealkylation sites (N-methyl/N-ethyl adjacent to an activating group) is 1. The van der Waals surface area contributed by atoms with Gasteiger partial charge in [-0.05, 0) is 36.2 Å². The van der Waals surface area contributed by atoms with Gasteiger partial charge in [0.15, 0.2) is 5.78 Å². The minimum Gasteiger partial charge on any atom is -0.465 e. The van der Waals surface area contributed by atoms with Crippen molar-refractivity contribution in [2.24, 2.45) is 0 Å². The smallest absolute Gasteiger partial charge is 0.408 e. The molecule has 0 bridgehead atoms. The van der Waals surface area contributed by atoms with Crippen LogP contribution in [0, 0.1) is 5.82 Å². The maximum absolute atomic E-state index is 14.4. The summed E-state index contributed by atoms with van der Waals surface area (Å²) in [6.45, 7) is 3.44. The van der Waals surface area contributed by atoms with Gasteiger partial charge in [0.2, 0.25) is 5.91 Å². The molecule has 0 radical (unpaired) electrons. The Morgan fingerprint density at radius 3 is 2.53 bits per heavy atom. The van der Waals surface area contributed by atoms with Crippen LogP contribution in [0.1, 0.15) is 33.9 Å². The number of ether oxygens (including phenoxy) is 1. The average Bonchev–Trinajstić information content (AvgIpc) is 2.84. The molecule has 0 saturated carbocycles. The van der Waals surface area contributed by atoms with E-state index in [0.29, 0.717) is 26.2 Å². The van der Waals surface area contributed by atoms with Gasteiger partial charge in [0.1, 0.15) is 11.9 Å². The van der Waals surface area contributed by atoms with Crippen LogP contribution in [0.2, 0.25) is 5.02 Å². The molecule has 1 aliphatic heterocycles. The van der Waals surface area contributed by atoms with Crippen LogP contribution in [0.5, 0.6) is 0 Å². The van der Waals surface area contributed by atoms with Crippen molar-refractivity contribution in [3.8, 4) is 0 Å². The Balaban J connectivity index is 1.96. The van der Waals surface area contributed by atoms with E-state index in [4.69, 9.17) is 16.3 Å². The minimum atomic E-state index is -1.32. The molecule has 8 nitrogen and oxygen atoms in total. The van der Waals surface area contributed by atoms with Gasteiger partial charge in [0.25, 0.3) is 0 Å². The summed E-state index contributed by atoms with van der Waals surface area (Å²) in [6, 6.07) is 8.38. The fourth-order valence-corrected chi connectivity index (χ4v) is 4.14. The standard InChI is InChI=1S/C24H27ClFN3O5/c1-27-23(31)21(29(24(32)33)10-4-9-28-11-13-34-14-12-28)17-8-7-16(25)15-19(17)22(30)18-5-2-3-6-20(18)26/h2-3,5-8,15,21H,4,9-14H2,1H3,(H,27,31)(H,32,33). The molecular formula is C24H27ClFN3O5. The number of morpholine rings is 1. The van der Waals surface area contributed by atoms with Crippen molar-refractivity contribution in [1.29, 1.82) is 0 Å². The maximum atomic E-state index is 14.4. The average molecular weight is 492 g/mol. The lowest BCUT2D eigenvalue weighted by Gasteiger charge is -2.31. The van der Waals surface area contributed by atoms with Crippen molar-refractivity contribution < 1.29 is 28.6 Å². The quantitative estimate of drug-likeness (QED) is 0.523. The van der Waals surface area contributed by atoms with Gasteiger partial charge in [-0.2, -0.15) is 0 Å². The van der Waals surface area contributed by atoms with Crippen LogP contribution >= 0.6 is 11.6 Å². The number of nitrogens with one attached hydrogen (secondary N) is 1. The highest BCUT2D eigenvalue weighted by Crippen LogP contribution is 2.30. The summed E-state index contributed by atoms with van der Waals surface area (Å²) in [4.78, 5) is 41.6. The van der Waals surface area contributed by atoms with E-state index in [1.165, 1.54) is 43.4 Å². The lowest BCUT2D eigenvalue weighted by atomic mass is 9.92. The third kappa shape index (κ3) is 6.11. The van der Waals surface area contributed by atoms with Gasteiger partial charge >= 0.3 is 6.09 Å². The largest absolute Gasteiger partial charge is 0.465 e. The number of carboxylic acid groups (broad SMARTS) is 1. The summed E-state index contributed by atoms with van der Waals surface area (Å²) in [5, 5.41) is 12.7. The highest BCUT2D eigenvalue weighted by molar-refractivity contribution is 6.31. The molecule has 0 aliphatic carbocycles. The van der Waals surface area contributed by atoms with Crippen LogP contribution in [0.15, 0.2) is 42.5 Å². The van der Waals surface area contributed by atoms with Crippen LogP contribution in [0.4, 0.5) is 9.18 Å². The molecule has 2 aromatic carbocycles. The zero-order chi connectivity index (χ0) is 24.7. The number of nitrogens with zero attached hydrogens (tertiary/aromatic N) is 2. The van der Waals surface area contributed by atoms with Crippen LogP contribution in [0.3, 0.4) is 0 Å². The molecule has 182 valence electrons. The zero-order valence-electron chi connectivity index (χ0n) is 18.8. The van der Waals surface area contributed by atoms with E-state index < -0.39 is 29.6 Å². The Morgan fingerprint density at radius 2 is 1.88 bits per heavy atom. The molecule has 2 aromatic rings. The normalized spacial score (nSPS) is 14.9. The number of carbonyl (C=O) groups is 3. The number of ketones is 1. The summed E-state index contributed by atoms with van der Waals surface area (Å²) in [6.07, 6.45) is -0.834. The van der Waals surface area contributed by atoms with Gasteiger partial charge in [0.05, 0.1) is 18.8 Å². The van der Waals surface area contributed by atoms with E-state index in [9.17, 15) is 23.9 Å². The molecule has 2 amide bonds. The van der Waals surface area contributed by atoms with E-state index in [1.54, 1.807) is 0 Å². The summed E-state index contributed by atoms with van der Waals surface area (Å²) < 4.78 is 19.7. The van der Waals surface area contributed by atoms with E-state index in [2.05, 4.69) is 10.2 Å². The van der Waals surface area contributed by atoms with Crippen LogP contribution in [-0.4, -0.2) is 79.1 Å². The van der Waals surface area contributed by atoms with Gasteiger partial charge in [-0.15, -0.1) is 0 Å². The van der Waals surface area contributed by atoms with Gasteiger partial charge in [-0.25, -0.2) is 9.18 Å². The molecule has 1 atom stereocenters. The first-order valence-corrected chi connectivity index (χ1v) is 11.3. The first kappa shape index (κ1) is 25.6. The van der Waals surface area contributed by atoms with Crippen LogP contribution in [0.25, 0.3) is 0 Å². The van der Waals surface area contributed by atoms with Gasteiger partial charge < -0.3 is 15.2 Å². The highest BCUT2D eigenvalue weighted by atomic mass is 35.5. The number of hydrogen-bond acceptors (Lipinski definition) is 5. The van der Waals surface area contributed by atoms with Crippen molar-refractivity contribution in [2.75, 3.05) is 46.4 Å². The minimum absolute atomic E-state index is 0.0365. The molecule has 0 spiro atoms. The van der Waals surface area contributed by atoms with Crippen molar-refractivity contribution >= 4 is 29.4 Å². The Morgan fingerprint density at radius 1 is 1.18 bits per heavy atom. The molecule has 1 aliphatic rings. The summed E-state index contributed by atoms with van der Waals surface area (Å²) in [7, 11) is 1.39. The van der Waals surface area contributed by atoms with Crippen LogP contribution < -0.4 is 5.32 Å². The second kappa shape index (κ2) is 11.9. The Labute approximate surface area is 202 Å². The third-order valence-corrected chi connectivity index (χ3v) is 5.94. The first-order valence-electron chi connectivity index (χ1n) is 10.9. The molecule has 0 aromatic heterocycles. The third-order valence-electron chi connectivity index (χ3n) is 5.70. The zero-order valence-corrected chi connectivity index (χ0v) is 19.6. The van der Waals surface area contributed by atoms with Crippen molar-refractivity contribution in [3.63, 3.8) is 0 Å². The molecule has 1 fully saturated rings. The number of amides is 2. The highest BCUT2D eigenvalue weighted by Gasteiger charge is 2.34. The molecular weight excluding hydrogens is 465 g/mol. The molecule has 10 heteroatoms. The second-order valence-corrected chi connectivity index (χ2v) is 8.28. The number of hydrogen-bond donors (Lipinski definition) is 2. The van der Waals surface area contributed by atoms with Gasteiger partial charge in [0, 0.05) is 43.8 Å². The predicted molar refractivity (Wildman–Crippen MR) is 125 cm³/mol. The van der Waals surface area contributed by atoms with Crippen LogP contribution in [-0.2, 0) is 9.53 Å². The summed E-state index contributed by atoms with van der Waals surface area (Å²) in [5.41, 5.74) is -0.104.